The van der Waals surface area contributed by atoms with Crippen molar-refractivity contribution in [2.24, 2.45) is 5.92 Å². The Morgan fingerprint density at radius 3 is 2.73 bits per heavy atom. The van der Waals surface area contributed by atoms with E-state index in [-0.39, 0.29) is 5.91 Å². The van der Waals surface area contributed by atoms with Gasteiger partial charge in [-0.25, -0.2) is 0 Å². The van der Waals surface area contributed by atoms with Gasteiger partial charge in [0.25, 0.3) is 5.91 Å². The molecule has 0 saturated carbocycles. The number of hydrogen-bond donors (Lipinski definition) is 0. The zero-order valence-corrected chi connectivity index (χ0v) is 15.8. The molecule has 1 aromatic carbocycles. The number of benzene rings is 1. The van der Waals surface area contributed by atoms with Crippen molar-refractivity contribution in [1.82, 2.24) is 9.47 Å². The van der Waals surface area contributed by atoms with Gasteiger partial charge in [0.05, 0.1) is 12.8 Å². The summed E-state index contributed by atoms with van der Waals surface area (Å²) >= 11 is 6.09. The highest BCUT2D eigenvalue weighted by Crippen LogP contribution is 2.17. The second kappa shape index (κ2) is 8.28. The lowest BCUT2D eigenvalue weighted by Crippen LogP contribution is -2.34. The number of hydrogen-bond acceptors (Lipinski definition) is 2. The average Bonchev–Trinajstić information content (AvgIpc) is 3.26. The second-order valence-corrected chi connectivity index (χ2v) is 7.25. The van der Waals surface area contributed by atoms with Gasteiger partial charge < -0.3 is 13.9 Å². The topological polar surface area (TPSA) is 38.4 Å². The zero-order valence-electron chi connectivity index (χ0n) is 15.1. The molecule has 0 aliphatic heterocycles. The van der Waals surface area contributed by atoms with Crippen LogP contribution in [0.25, 0.3) is 0 Å². The van der Waals surface area contributed by atoms with Gasteiger partial charge in [-0.1, -0.05) is 37.6 Å². The van der Waals surface area contributed by atoms with Gasteiger partial charge in [0.2, 0.25) is 0 Å². The van der Waals surface area contributed by atoms with Crippen molar-refractivity contribution in [2.75, 3.05) is 6.54 Å². The van der Waals surface area contributed by atoms with Gasteiger partial charge in [-0.3, -0.25) is 4.79 Å². The van der Waals surface area contributed by atoms with Gasteiger partial charge in [-0.2, -0.15) is 0 Å². The highest BCUT2D eigenvalue weighted by Gasteiger charge is 2.20. The molecule has 0 aliphatic rings. The summed E-state index contributed by atoms with van der Waals surface area (Å²) in [6.45, 7) is 6.13. The number of carbonyl (C=O) groups excluding carboxylic acids is 1. The van der Waals surface area contributed by atoms with E-state index in [1.54, 1.807) is 12.1 Å². The fraction of sp³-hybridized carbons (Fsp3) is 0.286. The maximum Gasteiger partial charge on any atom is 0.289 e. The Morgan fingerprint density at radius 2 is 2.04 bits per heavy atom. The van der Waals surface area contributed by atoms with Crippen LogP contribution in [0.2, 0.25) is 5.02 Å². The summed E-state index contributed by atoms with van der Waals surface area (Å²) in [5.41, 5.74) is 2.20. The first-order valence-electron chi connectivity index (χ1n) is 8.74. The highest BCUT2D eigenvalue weighted by molar-refractivity contribution is 6.30. The third-order valence-corrected chi connectivity index (χ3v) is 4.36. The van der Waals surface area contributed by atoms with Crippen LogP contribution in [0, 0.1) is 5.92 Å². The molecule has 2 aromatic heterocycles. The summed E-state index contributed by atoms with van der Waals surface area (Å²) in [7, 11) is 0. The van der Waals surface area contributed by atoms with Crippen LogP contribution >= 0.6 is 11.6 Å². The van der Waals surface area contributed by atoms with Crippen LogP contribution < -0.4 is 0 Å². The normalized spacial score (nSPS) is 11.1. The molecule has 0 atom stereocenters. The predicted molar refractivity (Wildman–Crippen MR) is 103 cm³/mol. The van der Waals surface area contributed by atoms with Gasteiger partial charge in [0.1, 0.15) is 0 Å². The van der Waals surface area contributed by atoms with Crippen LogP contribution in [0.3, 0.4) is 0 Å². The van der Waals surface area contributed by atoms with Gasteiger partial charge in [-0.05, 0) is 47.9 Å². The fourth-order valence-electron chi connectivity index (χ4n) is 2.99. The minimum absolute atomic E-state index is 0.0841. The maximum atomic E-state index is 12.8. The van der Waals surface area contributed by atoms with Crippen molar-refractivity contribution in [3.8, 4) is 0 Å². The molecule has 5 heteroatoms. The quantitative estimate of drug-likeness (QED) is 0.581. The third kappa shape index (κ3) is 4.58. The van der Waals surface area contributed by atoms with Crippen molar-refractivity contribution in [2.45, 2.75) is 26.9 Å². The molecule has 0 fully saturated rings. The second-order valence-electron chi connectivity index (χ2n) is 6.81. The van der Waals surface area contributed by atoms with Crippen molar-refractivity contribution < 1.29 is 9.21 Å². The van der Waals surface area contributed by atoms with E-state index in [2.05, 4.69) is 24.5 Å². The molecule has 0 radical (unpaired) electrons. The van der Waals surface area contributed by atoms with E-state index in [1.165, 1.54) is 6.26 Å². The largest absolute Gasteiger partial charge is 0.459 e. The Kier molecular flexibility index (Phi) is 5.84. The Morgan fingerprint density at radius 1 is 1.19 bits per heavy atom. The molecule has 0 spiro atoms. The summed E-state index contributed by atoms with van der Waals surface area (Å²) in [5, 5.41) is 0.727. The standard InChI is InChI=1S/C21H23ClN2O2/c1-16(2)13-24(21(25)20-9-5-11-26-20)15-19-8-4-10-23(19)14-17-6-3-7-18(22)12-17/h3-12,16H,13-15H2,1-2H3. The molecule has 2 heterocycles. The monoisotopic (exact) mass is 370 g/mol. The van der Waals surface area contributed by atoms with E-state index in [0.29, 0.717) is 31.3 Å². The molecule has 0 bridgehead atoms. The Hall–Kier alpha value is -2.46. The number of carbonyl (C=O) groups is 1. The van der Waals surface area contributed by atoms with Crippen LogP contribution in [0.15, 0.2) is 65.4 Å². The molecule has 26 heavy (non-hydrogen) atoms. The van der Waals surface area contributed by atoms with Gasteiger partial charge in [-0.15, -0.1) is 0 Å². The fourth-order valence-corrected chi connectivity index (χ4v) is 3.20. The SMILES string of the molecule is CC(C)CN(Cc1cccn1Cc1cccc(Cl)c1)C(=O)c1ccco1. The Bertz CT molecular complexity index is 853. The number of halogens is 1. The van der Waals surface area contributed by atoms with Crippen LogP contribution in [-0.4, -0.2) is 21.9 Å². The van der Waals surface area contributed by atoms with E-state index in [9.17, 15) is 4.79 Å². The molecular formula is C21H23ClN2O2. The van der Waals surface area contributed by atoms with Crippen LogP contribution in [0.5, 0.6) is 0 Å². The summed E-state index contributed by atoms with van der Waals surface area (Å²) in [4.78, 5) is 14.6. The average molecular weight is 371 g/mol. The molecule has 136 valence electrons. The van der Waals surface area contributed by atoms with E-state index in [0.717, 1.165) is 16.3 Å². The number of nitrogens with zero attached hydrogens (tertiary/aromatic N) is 2. The summed E-state index contributed by atoms with van der Waals surface area (Å²) in [6.07, 6.45) is 3.56. The number of amides is 1. The number of furan rings is 1. The van der Waals surface area contributed by atoms with Gasteiger partial charge >= 0.3 is 0 Å². The van der Waals surface area contributed by atoms with Crippen molar-refractivity contribution in [3.05, 3.63) is 83.0 Å². The summed E-state index contributed by atoms with van der Waals surface area (Å²) < 4.78 is 7.45. The van der Waals surface area contributed by atoms with E-state index in [1.807, 2.05) is 41.4 Å². The first kappa shape index (κ1) is 18.3. The lowest BCUT2D eigenvalue weighted by molar-refractivity contribution is 0.0686. The molecule has 0 N–H and O–H groups in total. The molecule has 0 aliphatic carbocycles. The molecule has 0 saturated heterocycles. The number of aromatic nitrogens is 1. The first-order chi connectivity index (χ1) is 12.5. The van der Waals surface area contributed by atoms with Gasteiger partial charge in [0.15, 0.2) is 5.76 Å². The summed E-state index contributed by atoms with van der Waals surface area (Å²) in [6, 6.07) is 15.3. The molecular weight excluding hydrogens is 348 g/mol. The molecule has 3 aromatic rings. The minimum Gasteiger partial charge on any atom is -0.459 e. The van der Waals surface area contributed by atoms with Crippen molar-refractivity contribution in [3.63, 3.8) is 0 Å². The molecule has 4 nitrogen and oxygen atoms in total. The highest BCUT2D eigenvalue weighted by atomic mass is 35.5. The lowest BCUT2D eigenvalue weighted by Gasteiger charge is -2.24. The Labute approximate surface area is 159 Å². The van der Waals surface area contributed by atoms with Crippen LogP contribution in [-0.2, 0) is 13.1 Å². The lowest BCUT2D eigenvalue weighted by atomic mass is 10.2. The summed E-state index contributed by atoms with van der Waals surface area (Å²) in [5.74, 6) is 0.656. The predicted octanol–water partition coefficient (Wildman–Crippen LogP) is 5.08. The van der Waals surface area contributed by atoms with Gasteiger partial charge in [0, 0.05) is 30.0 Å². The molecule has 0 unspecified atom stereocenters. The maximum absolute atomic E-state index is 12.8. The molecule has 3 rings (SSSR count). The molecule has 1 amide bonds. The van der Waals surface area contributed by atoms with Crippen LogP contribution in [0.4, 0.5) is 0 Å². The number of rotatable bonds is 7. The smallest absolute Gasteiger partial charge is 0.289 e. The van der Waals surface area contributed by atoms with Crippen molar-refractivity contribution >= 4 is 17.5 Å². The zero-order chi connectivity index (χ0) is 18.5. The first-order valence-corrected chi connectivity index (χ1v) is 9.12. The minimum atomic E-state index is -0.0841. The third-order valence-electron chi connectivity index (χ3n) is 4.12. The van der Waals surface area contributed by atoms with E-state index in [4.69, 9.17) is 16.0 Å². The van der Waals surface area contributed by atoms with E-state index < -0.39 is 0 Å². The van der Waals surface area contributed by atoms with Crippen molar-refractivity contribution in [1.29, 1.82) is 0 Å². The van der Waals surface area contributed by atoms with Crippen LogP contribution in [0.1, 0.15) is 35.7 Å². The Balaban J connectivity index is 1.79. The van der Waals surface area contributed by atoms with E-state index >= 15 is 0 Å².